The van der Waals surface area contributed by atoms with E-state index in [9.17, 15) is 4.79 Å². The van der Waals surface area contributed by atoms with Crippen LogP contribution in [-0.4, -0.2) is 67.2 Å². The fourth-order valence-corrected chi connectivity index (χ4v) is 4.76. The molecule has 2 aliphatic rings. The molecule has 0 radical (unpaired) electrons. The van der Waals surface area contributed by atoms with Gasteiger partial charge in [0.1, 0.15) is 17.9 Å². The van der Waals surface area contributed by atoms with E-state index in [0.717, 1.165) is 54.3 Å². The minimum atomic E-state index is 0.0695. The first-order valence-corrected chi connectivity index (χ1v) is 11.4. The van der Waals surface area contributed by atoms with Crippen LogP contribution < -0.4 is 14.5 Å². The summed E-state index contributed by atoms with van der Waals surface area (Å²) in [5, 5.41) is 0.966. The molecule has 7 nitrogen and oxygen atoms in total. The first kappa shape index (κ1) is 20.5. The van der Waals surface area contributed by atoms with Crippen LogP contribution in [0.3, 0.4) is 0 Å². The molecule has 3 aromatic rings. The molecule has 2 saturated heterocycles. The normalized spacial score (nSPS) is 17.0. The van der Waals surface area contributed by atoms with Gasteiger partial charge in [-0.05, 0) is 49.6 Å². The largest absolute Gasteiger partial charge is 0.495 e. The Morgan fingerprint density at radius 3 is 2.44 bits per heavy atom. The average molecular weight is 432 g/mol. The topological polar surface area (TPSA) is 61.8 Å². The van der Waals surface area contributed by atoms with Crippen LogP contribution >= 0.6 is 0 Å². The summed E-state index contributed by atoms with van der Waals surface area (Å²) >= 11 is 0. The molecule has 1 aromatic heterocycles. The number of benzene rings is 2. The molecule has 0 atom stereocenters. The van der Waals surface area contributed by atoms with Gasteiger partial charge in [-0.1, -0.05) is 12.1 Å². The van der Waals surface area contributed by atoms with E-state index < -0.39 is 0 Å². The Labute approximate surface area is 188 Å². The molecule has 0 spiro atoms. The summed E-state index contributed by atoms with van der Waals surface area (Å²) in [4.78, 5) is 28.9. The molecule has 5 rings (SSSR count). The zero-order valence-corrected chi connectivity index (χ0v) is 18.5. The van der Waals surface area contributed by atoms with Crippen molar-refractivity contribution in [3.8, 4) is 5.75 Å². The molecule has 166 valence electrons. The molecule has 0 saturated carbocycles. The van der Waals surface area contributed by atoms with E-state index in [2.05, 4.69) is 25.8 Å². The highest BCUT2D eigenvalue weighted by Crippen LogP contribution is 2.29. The summed E-state index contributed by atoms with van der Waals surface area (Å²) < 4.78 is 5.51. The van der Waals surface area contributed by atoms with Crippen molar-refractivity contribution in [3.05, 3.63) is 54.4 Å². The molecular weight excluding hydrogens is 402 g/mol. The zero-order valence-electron chi connectivity index (χ0n) is 18.5. The lowest BCUT2D eigenvalue weighted by molar-refractivity contribution is 0.0747. The second kappa shape index (κ2) is 9.02. The number of hydrogen-bond donors (Lipinski definition) is 0. The Morgan fingerprint density at radius 2 is 1.66 bits per heavy atom. The summed E-state index contributed by atoms with van der Waals surface area (Å²) in [6, 6.07) is 13.9. The predicted octanol–water partition coefficient (Wildman–Crippen LogP) is 3.59. The fraction of sp³-hybridized carbons (Fsp3) is 0.400. The molecule has 7 heteroatoms. The maximum atomic E-state index is 13.3. The molecule has 2 aromatic carbocycles. The maximum Gasteiger partial charge on any atom is 0.254 e. The van der Waals surface area contributed by atoms with Gasteiger partial charge in [-0.25, -0.2) is 9.97 Å². The minimum Gasteiger partial charge on any atom is -0.495 e. The van der Waals surface area contributed by atoms with Crippen molar-refractivity contribution in [2.45, 2.75) is 19.3 Å². The summed E-state index contributed by atoms with van der Waals surface area (Å²) in [6.07, 6.45) is 5.26. The van der Waals surface area contributed by atoms with Crippen molar-refractivity contribution in [3.63, 3.8) is 0 Å². The van der Waals surface area contributed by atoms with E-state index in [0.29, 0.717) is 18.7 Å². The van der Waals surface area contributed by atoms with Gasteiger partial charge in [0.2, 0.25) is 0 Å². The lowest BCUT2D eigenvalue weighted by Gasteiger charge is -2.36. The third-order valence-electron chi connectivity index (χ3n) is 6.51. The Bertz CT molecular complexity index is 1100. The van der Waals surface area contributed by atoms with Crippen LogP contribution in [-0.2, 0) is 0 Å². The number of nitrogens with zero attached hydrogens (tertiary/aromatic N) is 5. The lowest BCUT2D eigenvalue weighted by Crippen LogP contribution is -2.48. The highest BCUT2D eigenvalue weighted by atomic mass is 16.5. The number of piperidine rings is 1. The number of piperazine rings is 1. The molecule has 2 aliphatic heterocycles. The van der Waals surface area contributed by atoms with Gasteiger partial charge in [-0.3, -0.25) is 4.79 Å². The van der Waals surface area contributed by atoms with E-state index in [1.165, 1.54) is 19.3 Å². The highest BCUT2D eigenvalue weighted by Gasteiger charge is 2.24. The van der Waals surface area contributed by atoms with Gasteiger partial charge in [0.25, 0.3) is 5.91 Å². The van der Waals surface area contributed by atoms with Crippen LogP contribution in [0.2, 0.25) is 0 Å². The number of amides is 1. The third-order valence-corrected chi connectivity index (χ3v) is 6.51. The first-order chi connectivity index (χ1) is 15.7. The second-order valence-corrected chi connectivity index (χ2v) is 8.43. The molecule has 0 unspecified atom stereocenters. The summed E-state index contributed by atoms with van der Waals surface area (Å²) in [6.45, 7) is 4.94. The van der Waals surface area contributed by atoms with E-state index in [1.54, 1.807) is 13.4 Å². The number of hydrogen-bond acceptors (Lipinski definition) is 6. The van der Waals surface area contributed by atoms with Gasteiger partial charge < -0.3 is 19.4 Å². The van der Waals surface area contributed by atoms with Crippen LogP contribution in [0.5, 0.6) is 5.75 Å². The monoisotopic (exact) mass is 431 g/mol. The molecule has 3 heterocycles. The number of rotatable bonds is 4. The molecule has 2 fully saturated rings. The fourth-order valence-electron chi connectivity index (χ4n) is 4.76. The number of carbonyl (C=O) groups excluding carboxylic acids is 1. The molecule has 0 N–H and O–H groups in total. The molecule has 0 aliphatic carbocycles. The van der Waals surface area contributed by atoms with Crippen LogP contribution in [0.1, 0.15) is 29.6 Å². The molecule has 0 bridgehead atoms. The predicted molar refractivity (Wildman–Crippen MR) is 127 cm³/mol. The van der Waals surface area contributed by atoms with Crippen molar-refractivity contribution < 1.29 is 9.53 Å². The smallest absolute Gasteiger partial charge is 0.254 e. The van der Waals surface area contributed by atoms with Gasteiger partial charge in [0.15, 0.2) is 0 Å². The van der Waals surface area contributed by atoms with E-state index in [4.69, 9.17) is 4.74 Å². The van der Waals surface area contributed by atoms with Crippen LogP contribution in [0.15, 0.2) is 48.8 Å². The van der Waals surface area contributed by atoms with Crippen molar-refractivity contribution in [1.82, 2.24) is 14.9 Å². The lowest BCUT2D eigenvalue weighted by atomic mass is 10.1. The standard InChI is InChI=1S/C25H29N5O2/c1-32-23-8-4-3-7-22(23)28-13-15-30(16-14-28)25(31)19-9-10-21-20(17-19)24(27-18-26-21)29-11-5-2-6-12-29/h3-4,7-10,17-18H,2,5-6,11-16H2,1H3. The van der Waals surface area contributed by atoms with Gasteiger partial charge >= 0.3 is 0 Å². The van der Waals surface area contributed by atoms with E-state index in [1.807, 2.05) is 41.3 Å². The van der Waals surface area contributed by atoms with Crippen LogP contribution in [0.4, 0.5) is 11.5 Å². The molecular formula is C25H29N5O2. The van der Waals surface area contributed by atoms with Gasteiger partial charge in [-0.15, -0.1) is 0 Å². The van der Waals surface area contributed by atoms with Crippen LogP contribution in [0, 0.1) is 0 Å². The Hall–Kier alpha value is -3.35. The number of ether oxygens (including phenoxy) is 1. The third kappa shape index (κ3) is 3.95. The number of carbonyl (C=O) groups is 1. The Kier molecular flexibility index (Phi) is 5.79. The number of methoxy groups -OCH3 is 1. The number of fused-ring (bicyclic) bond motifs is 1. The molecule has 32 heavy (non-hydrogen) atoms. The van der Waals surface area contributed by atoms with E-state index >= 15 is 0 Å². The maximum absolute atomic E-state index is 13.3. The Balaban J connectivity index is 1.34. The SMILES string of the molecule is COc1ccccc1N1CCN(C(=O)c2ccc3ncnc(N4CCCCC4)c3c2)CC1. The van der Waals surface area contributed by atoms with Crippen molar-refractivity contribution in [1.29, 1.82) is 0 Å². The van der Waals surface area contributed by atoms with Crippen molar-refractivity contribution in [2.75, 3.05) is 56.2 Å². The number of anilines is 2. The zero-order chi connectivity index (χ0) is 21.9. The highest BCUT2D eigenvalue weighted by molar-refractivity contribution is 6.00. The first-order valence-electron chi connectivity index (χ1n) is 11.4. The van der Waals surface area contributed by atoms with Gasteiger partial charge in [0, 0.05) is 50.2 Å². The number of aromatic nitrogens is 2. The van der Waals surface area contributed by atoms with Gasteiger partial charge in [-0.2, -0.15) is 0 Å². The van der Waals surface area contributed by atoms with Gasteiger partial charge in [0.05, 0.1) is 18.3 Å². The minimum absolute atomic E-state index is 0.0695. The van der Waals surface area contributed by atoms with Crippen molar-refractivity contribution in [2.24, 2.45) is 0 Å². The summed E-state index contributed by atoms with van der Waals surface area (Å²) in [5.74, 6) is 1.89. The second-order valence-electron chi connectivity index (χ2n) is 8.43. The molecule has 1 amide bonds. The average Bonchev–Trinajstić information content (AvgIpc) is 2.88. The Morgan fingerprint density at radius 1 is 0.875 bits per heavy atom. The number of para-hydroxylation sites is 2. The summed E-state index contributed by atoms with van der Waals surface area (Å²) in [7, 11) is 1.69. The summed E-state index contributed by atoms with van der Waals surface area (Å²) in [5.41, 5.74) is 2.67. The van der Waals surface area contributed by atoms with Crippen molar-refractivity contribution >= 4 is 28.3 Å². The van der Waals surface area contributed by atoms with E-state index in [-0.39, 0.29) is 5.91 Å². The quantitative estimate of drug-likeness (QED) is 0.629. The van der Waals surface area contributed by atoms with Crippen LogP contribution in [0.25, 0.3) is 10.9 Å².